The van der Waals surface area contributed by atoms with Gasteiger partial charge in [-0.15, -0.1) is 0 Å². The van der Waals surface area contributed by atoms with Crippen LogP contribution in [-0.4, -0.2) is 47.0 Å². The van der Waals surface area contributed by atoms with E-state index in [9.17, 15) is 9.59 Å². The Morgan fingerprint density at radius 2 is 2.07 bits per heavy atom. The minimum atomic E-state index is -0.630. The van der Waals surface area contributed by atoms with Crippen LogP contribution in [-0.2, 0) is 4.74 Å². The molecule has 2 aliphatic rings. The zero-order chi connectivity index (χ0) is 20.6. The number of carbonyl (C=O) groups excluding carboxylic acids is 2. The highest BCUT2D eigenvalue weighted by Gasteiger charge is 2.44. The van der Waals surface area contributed by atoms with Gasteiger partial charge in [-0.1, -0.05) is 23.2 Å². The number of ether oxygens (including phenoxy) is 2. The number of Topliss-reactive ketones (excluding diaryl/α,β-unsaturated/α-hetero) is 1. The third kappa shape index (κ3) is 3.76. The van der Waals surface area contributed by atoms with Gasteiger partial charge in [0.15, 0.2) is 5.78 Å². The van der Waals surface area contributed by atoms with Gasteiger partial charge in [-0.3, -0.25) is 4.79 Å². The molecule has 2 aliphatic heterocycles. The van der Waals surface area contributed by atoms with Gasteiger partial charge in [0.05, 0.1) is 23.6 Å². The fraction of sp³-hybridized carbons (Fsp3) is 0.400. The van der Waals surface area contributed by atoms with Crippen molar-refractivity contribution in [2.75, 3.05) is 24.6 Å². The maximum Gasteiger partial charge on any atom is 0.343 e. The van der Waals surface area contributed by atoms with Crippen LogP contribution in [0, 0.1) is 0 Å². The van der Waals surface area contributed by atoms with Crippen LogP contribution in [0.3, 0.4) is 0 Å². The average molecular weight is 436 g/mol. The molecule has 0 saturated carbocycles. The van der Waals surface area contributed by atoms with E-state index < -0.39 is 11.6 Å². The first-order chi connectivity index (χ1) is 13.9. The van der Waals surface area contributed by atoms with E-state index in [-0.39, 0.29) is 18.8 Å². The van der Waals surface area contributed by atoms with Gasteiger partial charge in [-0.25, -0.2) is 14.8 Å². The van der Waals surface area contributed by atoms with Gasteiger partial charge in [-0.2, -0.15) is 0 Å². The second-order valence-electron chi connectivity index (χ2n) is 7.12. The Morgan fingerprint density at radius 3 is 2.79 bits per heavy atom. The first-order valence-electron chi connectivity index (χ1n) is 9.36. The Bertz CT molecular complexity index is 974. The van der Waals surface area contributed by atoms with Crippen molar-refractivity contribution < 1.29 is 19.1 Å². The summed E-state index contributed by atoms with van der Waals surface area (Å²) in [6.07, 6.45) is 4.31. The van der Waals surface area contributed by atoms with Gasteiger partial charge in [0.2, 0.25) is 0 Å². The number of rotatable bonds is 3. The van der Waals surface area contributed by atoms with Gasteiger partial charge in [0.25, 0.3) is 0 Å². The number of carbonyl (C=O) groups is 2. The monoisotopic (exact) mass is 435 g/mol. The number of aromatic nitrogens is 2. The molecule has 0 amide bonds. The quantitative estimate of drug-likeness (QED) is 0.674. The maximum absolute atomic E-state index is 12.7. The van der Waals surface area contributed by atoms with Crippen molar-refractivity contribution in [2.24, 2.45) is 0 Å². The Hall–Kier alpha value is -2.38. The Balaban J connectivity index is 1.55. The van der Waals surface area contributed by atoms with E-state index in [4.69, 9.17) is 32.7 Å². The number of anilines is 1. The molecule has 0 unspecified atom stereocenters. The molecule has 1 saturated heterocycles. The number of esters is 1. The summed E-state index contributed by atoms with van der Waals surface area (Å²) in [5.41, 5.74) is 0.125. The standard InChI is InChI=1S/C20H19Cl2N3O4/c1-2-28-19(27)14-10-23-11-24-18(14)25-5-3-20(4-6-25)9-16(26)13-7-12(21)8-15(22)17(13)29-20/h7-8,10-11H,2-6,9H2,1H3. The highest BCUT2D eigenvalue weighted by molar-refractivity contribution is 6.36. The van der Waals surface area contributed by atoms with E-state index in [0.29, 0.717) is 58.7 Å². The van der Waals surface area contributed by atoms with Crippen molar-refractivity contribution in [2.45, 2.75) is 31.8 Å². The van der Waals surface area contributed by atoms with Crippen LogP contribution in [0.15, 0.2) is 24.7 Å². The highest BCUT2D eigenvalue weighted by atomic mass is 35.5. The largest absolute Gasteiger partial charge is 0.484 e. The molecule has 29 heavy (non-hydrogen) atoms. The molecular weight excluding hydrogens is 417 g/mol. The third-order valence-electron chi connectivity index (χ3n) is 5.27. The summed E-state index contributed by atoms with van der Waals surface area (Å²) in [7, 11) is 0. The summed E-state index contributed by atoms with van der Waals surface area (Å²) in [5, 5.41) is 0.745. The Kier molecular flexibility index (Phi) is 5.36. The number of piperidine rings is 1. The summed E-state index contributed by atoms with van der Waals surface area (Å²) in [5.74, 6) is 0.444. The molecule has 1 fully saturated rings. The molecule has 3 heterocycles. The van der Waals surface area contributed by atoms with E-state index in [1.54, 1.807) is 19.1 Å². The van der Waals surface area contributed by atoms with Gasteiger partial charge in [0, 0.05) is 37.2 Å². The fourth-order valence-corrected chi connectivity index (χ4v) is 4.38. The van der Waals surface area contributed by atoms with E-state index in [0.717, 1.165) is 0 Å². The van der Waals surface area contributed by atoms with Crippen molar-refractivity contribution in [1.82, 2.24) is 9.97 Å². The number of hydrogen-bond acceptors (Lipinski definition) is 7. The number of hydrogen-bond donors (Lipinski definition) is 0. The number of halogens is 2. The normalized spacial score (nSPS) is 17.6. The minimum absolute atomic E-state index is 0.0293. The van der Waals surface area contributed by atoms with E-state index in [1.165, 1.54) is 12.5 Å². The fourth-order valence-electron chi connectivity index (χ4n) is 3.84. The molecule has 7 nitrogen and oxygen atoms in total. The summed E-state index contributed by atoms with van der Waals surface area (Å²) in [6.45, 7) is 3.16. The first-order valence-corrected chi connectivity index (χ1v) is 10.1. The number of ketones is 1. The van der Waals surface area contributed by atoms with Crippen LogP contribution in [0.25, 0.3) is 0 Å². The second kappa shape index (κ2) is 7.80. The zero-order valence-corrected chi connectivity index (χ0v) is 17.3. The lowest BCUT2D eigenvalue weighted by atomic mass is 9.82. The molecule has 152 valence electrons. The van der Waals surface area contributed by atoms with Crippen molar-refractivity contribution in [3.05, 3.63) is 45.8 Å². The van der Waals surface area contributed by atoms with Gasteiger partial charge in [0.1, 0.15) is 29.1 Å². The summed E-state index contributed by atoms with van der Waals surface area (Å²) in [6, 6.07) is 3.18. The zero-order valence-electron chi connectivity index (χ0n) is 15.8. The van der Waals surface area contributed by atoms with Crippen LogP contribution < -0.4 is 9.64 Å². The van der Waals surface area contributed by atoms with Crippen LogP contribution in [0.5, 0.6) is 5.75 Å². The molecule has 0 radical (unpaired) electrons. The van der Waals surface area contributed by atoms with Crippen LogP contribution in [0.2, 0.25) is 10.0 Å². The topological polar surface area (TPSA) is 81.6 Å². The molecule has 2 aromatic rings. The number of nitrogens with zero attached hydrogens (tertiary/aromatic N) is 3. The molecule has 0 bridgehead atoms. The predicted molar refractivity (Wildman–Crippen MR) is 108 cm³/mol. The summed E-state index contributed by atoms with van der Waals surface area (Å²) in [4.78, 5) is 35.2. The Labute approximate surface area is 177 Å². The molecular formula is C20H19Cl2N3O4. The summed E-state index contributed by atoms with van der Waals surface area (Å²) < 4.78 is 11.4. The maximum atomic E-state index is 12.7. The molecule has 9 heteroatoms. The lowest BCUT2D eigenvalue weighted by Crippen LogP contribution is -2.51. The number of benzene rings is 1. The molecule has 4 rings (SSSR count). The third-order valence-corrected chi connectivity index (χ3v) is 5.77. The van der Waals surface area contributed by atoms with Crippen molar-refractivity contribution in [3.63, 3.8) is 0 Å². The van der Waals surface area contributed by atoms with Crippen LogP contribution in [0.1, 0.15) is 46.9 Å². The lowest BCUT2D eigenvalue weighted by molar-refractivity contribution is 0.0232. The van der Waals surface area contributed by atoms with E-state index in [1.807, 2.05) is 4.90 Å². The van der Waals surface area contributed by atoms with Crippen molar-refractivity contribution in [3.8, 4) is 5.75 Å². The minimum Gasteiger partial charge on any atom is -0.484 e. The van der Waals surface area contributed by atoms with E-state index in [2.05, 4.69) is 9.97 Å². The predicted octanol–water partition coefficient (Wildman–Crippen LogP) is 3.96. The number of fused-ring (bicyclic) bond motifs is 1. The van der Waals surface area contributed by atoms with E-state index >= 15 is 0 Å². The van der Waals surface area contributed by atoms with Gasteiger partial charge in [-0.05, 0) is 19.1 Å². The molecule has 0 N–H and O–H groups in total. The SMILES string of the molecule is CCOC(=O)c1cncnc1N1CCC2(CC1)CC(=O)c1cc(Cl)cc(Cl)c1O2. The van der Waals surface area contributed by atoms with Crippen LogP contribution >= 0.6 is 23.2 Å². The van der Waals surface area contributed by atoms with Crippen molar-refractivity contribution >= 4 is 40.8 Å². The van der Waals surface area contributed by atoms with Gasteiger partial charge >= 0.3 is 5.97 Å². The molecule has 0 atom stereocenters. The molecule has 1 spiro atoms. The second-order valence-corrected chi connectivity index (χ2v) is 7.96. The molecule has 0 aliphatic carbocycles. The highest BCUT2D eigenvalue weighted by Crippen LogP contribution is 2.44. The molecule has 1 aromatic heterocycles. The van der Waals surface area contributed by atoms with Crippen LogP contribution in [0.4, 0.5) is 5.82 Å². The molecule has 1 aromatic carbocycles. The smallest absolute Gasteiger partial charge is 0.343 e. The van der Waals surface area contributed by atoms with Crippen molar-refractivity contribution in [1.29, 1.82) is 0 Å². The average Bonchev–Trinajstić information content (AvgIpc) is 2.70. The lowest BCUT2D eigenvalue weighted by Gasteiger charge is -2.44. The first kappa shape index (κ1) is 19.9. The summed E-state index contributed by atoms with van der Waals surface area (Å²) >= 11 is 12.3. The Morgan fingerprint density at radius 1 is 1.31 bits per heavy atom. The van der Waals surface area contributed by atoms with Gasteiger partial charge < -0.3 is 14.4 Å².